The summed E-state index contributed by atoms with van der Waals surface area (Å²) < 4.78 is 1.43. The van der Waals surface area contributed by atoms with E-state index >= 15 is 0 Å². The van der Waals surface area contributed by atoms with Crippen LogP contribution in [0.4, 0.5) is 5.69 Å². The van der Waals surface area contributed by atoms with Gasteiger partial charge in [-0.3, -0.25) is 9.59 Å². The number of hydrogen-bond acceptors (Lipinski definition) is 3. The lowest BCUT2D eigenvalue weighted by Gasteiger charge is -2.12. The number of fused-ring (bicyclic) bond motifs is 1. The molecule has 1 N–H and O–H groups in total. The van der Waals surface area contributed by atoms with Gasteiger partial charge in [0.1, 0.15) is 0 Å². The van der Waals surface area contributed by atoms with Crippen LogP contribution in [-0.2, 0) is 6.54 Å². The first-order valence-electron chi connectivity index (χ1n) is 9.92. The second kappa shape index (κ2) is 8.83. The first-order valence-corrected chi connectivity index (χ1v) is 9.92. The van der Waals surface area contributed by atoms with Crippen LogP contribution in [0, 0.1) is 0 Å². The monoisotopic (exact) mass is 377 g/mol. The number of nitrogens with zero attached hydrogens (tertiary/aromatic N) is 2. The lowest BCUT2D eigenvalue weighted by Crippen LogP contribution is -2.27. The van der Waals surface area contributed by atoms with Gasteiger partial charge in [-0.25, -0.2) is 4.68 Å². The van der Waals surface area contributed by atoms with E-state index in [1.165, 1.54) is 10.2 Å². The van der Waals surface area contributed by atoms with Crippen molar-refractivity contribution < 1.29 is 4.79 Å². The molecule has 28 heavy (non-hydrogen) atoms. The highest BCUT2D eigenvalue weighted by Crippen LogP contribution is 2.19. The molecule has 0 atom stereocenters. The summed E-state index contributed by atoms with van der Waals surface area (Å²) in [5.41, 5.74) is 2.05. The van der Waals surface area contributed by atoms with Gasteiger partial charge in [0.2, 0.25) is 0 Å². The highest BCUT2D eigenvalue weighted by Gasteiger charge is 2.17. The maximum atomic E-state index is 13.0. The summed E-state index contributed by atoms with van der Waals surface area (Å²) in [6.45, 7) is 6.89. The van der Waals surface area contributed by atoms with Gasteiger partial charge in [-0.05, 0) is 36.1 Å². The lowest BCUT2D eigenvalue weighted by molar-refractivity contribution is 0.102. The number of carbonyl (C=O) groups excluding carboxylic acids is 1. The Balaban J connectivity index is 1.95. The molecular formula is C23H27N3O2. The molecule has 0 saturated heterocycles. The highest BCUT2D eigenvalue weighted by atomic mass is 16.2. The third-order valence-electron chi connectivity index (χ3n) is 4.89. The molecule has 2 aromatic carbocycles. The minimum Gasteiger partial charge on any atom is -0.321 e. The van der Waals surface area contributed by atoms with E-state index < -0.39 is 0 Å². The molecule has 1 amide bonds. The molecule has 3 rings (SSSR count). The van der Waals surface area contributed by atoms with Crippen LogP contribution in [0.1, 0.15) is 62.0 Å². The number of hydrogen-bond donors (Lipinski definition) is 1. The number of amides is 1. The van der Waals surface area contributed by atoms with E-state index in [9.17, 15) is 9.59 Å². The van der Waals surface area contributed by atoms with Gasteiger partial charge in [-0.1, -0.05) is 63.9 Å². The molecule has 3 aromatic rings. The van der Waals surface area contributed by atoms with Crippen LogP contribution in [0.25, 0.3) is 10.8 Å². The topological polar surface area (TPSA) is 64.0 Å². The lowest BCUT2D eigenvalue weighted by atomic mass is 10.0. The fraction of sp³-hybridized carbons (Fsp3) is 0.348. The van der Waals surface area contributed by atoms with E-state index in [2.05, 4.69) is 31.2 Å². The van der Waals surface area contributed by atoms with Crippen molar-refractivity contribution >= 4 is 22.4 Å². The Kier molecular flexibility index (Phi) is 6.24. The van der Waals surface area contributed by atoms with E-state index in [1.807, 2.05) is 36.4 Å². The minimum atomic E-state index is -0.308. The maximum Gasteiger partial charge on any atom is 0.276 e. The number of aromatic nitrogens is 2. The molecular weight excluding hydrogens is 350 g/mol. The highest BCUT2D eigenvalue weighted by molar-refractivity contribution is 6.11. The van der Waals surface area contributed by atoms with Crippen LogP contribution in [0.15, 0.2) is 53.3 Å². The smallest absolute Gasteiger partial charge is 0.276 e. The molecule has 0 spiro atoms. The Labute approximate surface area is 165 Å². The number of benzene rings is 2. The van der Waals surface area contributed by atoms with Gasteiger partial charge in [0.15, 0.2) is 5.69 Å². The summed E-state index contributed by atoms with van der Waals surface area (Å²) in [5, 5.41) is 8.42. The summed E-state index contributed by atoms with van der Waals surface area (Å²) in [6, 6.07) is 15.0. The zero-order valence-electron chi connectivity index (χ0n) is 16.7. The standard InChI is InChI=1S/C23H27N3O2/c1-4-5-8-15-26-23(28)20-10-7-6-9-19(20)21(25-26)22(27)24-18-13-11-17(12-14-18)16(2)3/h6-7,9-14,16H,4-5,8,15H2,1-3H3,(H,24,27). The predicted octanol–water partition coefficient (Wildman–Crippen LogP) is 4.96. The van der Waals surface area contributed by atoms with Crippen LogP contribution in [0.5, 0.6) is 0 Å². The quantitative estimate of drug-likeness (QED) is 0.592. The van der Waals surface area contributed by atoms with Crippen molar-refractivity contribution in [2.75, 3.05) is 5.32 Å². The largest absolute Gasteiger partial charge is 0.321 e. The molecule has 5 heteroatoms. The second-order valence-corrected chi connectivity index (χ2v) is 7.36. The van der Waals surface area contributed by atoms with Crippen molar-refractivity contribution in [3.8, 4) is 0 Å². The SMILES string of the molecule is CCCCCn1nc(C(=O)Nc2ccc(C(C)C)cc2)c2ccccc2c1=O. The Morgan fingerprint density at radius 1 is 1.04 bits per heavy atom. The summed E-state index contributed by atoms with van der Waals surface area (Å²) >= 11 is 0. The molecule has 0 radical (unpaired) electrons. The zero-order valence-corrected chi connectivity index (χ0v) is 16.7. The Morgan fingerprint density at radius 2 is 1.71 bits per heavy atom. The average molecular weight is 377 g/mol. The van der Waals surface area contributed by atoms with Gasteiger partial charge in [-0.15, -0.1) is 0 Å². The van der Waals surface area contributed by atoms with Crippen molar-refractivity contribution in [2.45, 2.75) is 52.5 Å². The molecule has 0 aliphatic rings. The van der Waals surface area contributed by atoms with E-state index in [-0.39, 0.29) is 17.2 Å². The number of rotatable bonds is 7. The second-order valence-electron chi connectivity index (χ2n) is 7.36. The van der Waals surface area contributed by atoms with Crippen molar-refractivity contribution in [1.29, 1.82) is 0 Å². The number of nitrogens with one attached hydrogen (secondary N) is 1. The van der Waals surface area contributed by atoms with Crippen LogP contribution < -0.4 is 10.9 Å². The molecule has 0 unspecified atom stereocenters. The van der Waals surface area contributed by atoms with Crippen molar-refractivity contribution in [2.24, 2.45) is 0 Å². The number of unbranched alkanes of at least 4 members (excludes halogenated alkanes) is 2. The van der Waals surface area contributed by atoms with Gasteiger partial charge < -0.3 is 5.32 Å². The molecule has 0 saturated carbocycles. The third-order valence-corrected chi connectivity index (χ3v) is 4.89. The van der Waals surface area contributed by atoms with E-state index in [0.717, 1.165) is 19.3 Å². The van der Waals surface area contributed by atoms with Crippen LogP contribution in [0.3, 0.4) is 0 Å². The number of aryl methyl sites for hydroxylation is 1. The molecule has 5 nitrogen and oxygen atoms in total. The third kappa shape index (κ3) is 4.30. The van der Waals surface area contributed by atoms with Gasteiger partial charge >= 0.3 is 0 Å². The average Bonchev–Trinajstić information content (AvgIpc) is 2.70. The van der Waals surface area contributed by atoms with E-state index in [4.69, 9.17) is 0 Å². The van der Waals surface area contributed by atoms with Crippen LogP contribution in [-0.4, -0.2) is 15.7 Å². The zero-order chi connectivity index (χ0) is 20.1. The number of carbonyl (C=O) groups is 1. The Hall–Kier alpha value is -2.95. The van der Waals surface area contributed by atoms with Gasteiger partial charge in [0, 0.05) is 17.6 Å². The van der Waals surface area contributed by atoms with Crippen LogP contribution in [0.2, 0.25) is 0 Å². The fourth-order valence-corrected chi connectivity index (χ4v) is 3.21. The van der Waals surface area contributed by atoms with Crippen molar-refractivity contribution in [3.63, 3.8) is 0 Å². The van der Waals surface area contributed by atoms with Crippen molar-refractivity contribution in [1.82, 2.24) is 9.78 Å². The number of anilines is 1. The molecule has 1 heterocycles. The first kappa shape index (κ1) is 19.8. The van der Waals surface area contributed by atoms with E-state index in [1.54, 1.807) is 12.1 Å². The molecule has 0 aliphatic carbocycles. The summed E-state index contributed by atoms with van der Waals surface area (Å²) in [5.74, 6) is 0.125. The maximum absolute atomic E-state index is 13.0. The molecule has 146 valence electrons. The van der Waals surface area contributed by atoms with E-state index in [0.29, 0.717) is 28.9 Å². The Bertz CT molecular complexity index is 1020. The molecule has 0 aliphatic heterocycles. The van der Waals surface area contributed by atoms with Crippen LogP contribution >= 0.6 is 0 Å². The predicted molar refractivity (Wildman–Crippen MR) is 114 cm³/mol. The van der Waals surface area contributed by atoms with Gasteiger partial charge in [0.25, 0.3) is 11.5 Å². The first-order chi connectivity index (χ1) is 13.5. The fourth-order valence-electron chi connectivity index (χ4n) is 3.21. The molecule has 0 bridgehead atoms. The Morgan fingerprint density at radius 3 is 2.36 bits per heavy atom. The summed E-state index contributed by atoms with van der Waals surface area (Å²) in [7, 11) is 0. The molecule has 0 fully saturated rings. The minimum absolute atomic E-state index is 0.149. The molecule has 1 aromatic heterocycles. The summed E-state index contributed by atoms with van der Waals surface area (Å²) in [4.78, 5) is 25.7. The normalized spacial score (nSPS) is 11.1. The van der Waals surface area contributed by atoms with Crippen molar-refractivity contribution in [3.05, 3.63) is 70.1 Å². The van der Waals surface area contributed by atoms with Gasteiger partial charge in [-0.2, -0.15) is 5.10 Å². The summed E-state index contributed by atoms with van der Waals surface area (Å²) in [6.07, 6.45) is 2.94. The van der Waals surface area contributed by atoms with Gasteiger partial charge in [0.05, 0.1) is 5.39 Å².